The number of ketones is 2. The number of carboxylic acids is 1. The fourth-order valence-electron chi connectivity index (χ4n) is 19.3. The molecule has 12 aromatic rings. The second-order valence-corrected chi connectivity index (χ2v) is 36.9. The first-order valence-corrected chi connectivity index (χ1v) is 47.8. The predicted molar refractivity (Wildman–Crippen MR) is 526 cm³/mol. The number of benzene rings is 6. The Morgan fingerprint density at radius 1 is 0.338 bits per heavy atom. The topological polar surface area (TPSA) is 313 Å². The number of carboxylic acid groups (broad SMARTS) is 1. The van der Waals surface area contributed by atoms with Gasteiger partial charge in [-0.2, -0.15) is 0 Å². The van der Waals surface area contributed by atoms with Crippen LogP contribution in [0.3, 0.4) is 0 Å². The SMILES string of the molecule is COc1cc2nccc(OC3CCC(CC(=O)c4cn(CC5CCOCC5)cc(-c5ccc(C)cc5)c4=O)CC3)c2cc1OC.COc1cc2nccc(OC3CCC(CC(=O)c4cn(CC5CCOCC5)cc(-c5ccc(C)cc5)c4=O)CC3)c2cc1OC.COc1cc2nccc(OC3CCC(N)CC3)c2cc1OC.Cc1ccc(-c2cn(CC3CCOCC3)cc(C(=O)O)c2=O)cc1. The molecular formula is C110H127N7O19. The van der Waals surface area contributed by atoms with Crippen molar-refractivity contribution in [2.24, 2.45) is 35.3 Å². The van der Waals surface area contributed by atoms with E-state index < -0.39 is 11.4 Å². The molecule has 6 aromatic heterocycles. The van der Waals surface area contributed by atoms with Crippen molar-refractivity contribution in [3.05, 3.63) is 247 Å². The van der Waals surface area contributed by atoms with Crippen LogP contribution in [-0.4, -0.2) is 158 Å². The number of Topliss-reactive ketones (excluding diaryl/α,β-unsaturated/α-hetero) is 2. The van der Waals surface area contributed by atoms with Gasteiger partial charge in [0.25, 0.3) is 0 Å². The minimum atomic E-state index is -1.19. The average Bonchev–Trinajstić information content (AvgIpc) is 0.776. The van der Waals surface area contributed by atoms with Crippen LogP contribution in [0, 0.1) is 50.4 Å². The highest BCUT2D eigenvalue weighted by Gasteiger charge is 2.32. The van der Waals surface area contributed by atoms with Gasteiger partial charge in [0, 0.05) is 185 Å². The first-order valence-electron chi connectivity index (χ1n) is 47.8. The van der Waals surface area contributed by atoms with Crippen molar-refractivity contribution in [3.8, 4) is 85.1 Å². The molecule has 9 heterocycles. The summed E-state index contributed by atoms with van der Waals surface area (Å²) in [6.07, 6.45) is 33.7. The van der Waals surface area contributed by atoms with Crippen LogP contribution in [0.2, 0.25) is 0 Å². The Balaban J connectivity index is 0.000000145. The predicted octanol–water partition coefficient (Wildman–Crippen LogP) is 19.9. The second kappa shape index (κ2) is 46.7. The summed E-state index contributed by atoms with van der Waals surface area (Å²) >= 11 is 0. The maximum atomic E-state index is 13.8. The van der Waals surface area contributed by atoms with Crippen LogP contribution in [0.4, 0.5) is 0 Å². The van der Waals surface area contributed by atoms with E-state index in [9.17, 15) is 33.9 Å². The van der Waals surface area contributed by atoms with Crippen LogP contribution in [0.15, 0.2) is 198 Å². The number of aromatic nitrogens is 6. The van der Waals surface area contributed by atoms with Crippen molar-refractivity contribution < 1.29 is 76.3 Å². The van der Waals surface area contributed by atoms with Gasteiger partial charge in [0.05, 0.1) is 88.6 Å². The number of rotatable bonds is 28. The van der Waals surface area contributed by atoms with Crippen molar-refractivity contribution in [1.29, 1.82) is 0 Å². The molecule has 3 saturated heterocycles. The Morgan fingerprint density at radius 2 is 0.603 bits per heavy atom. The standard InChI is InChI=1S/2C37H42N2O6.C19H21NO4.C17H22N2O3/c2*1-24-4-8-27(9-5-24)30-22-39(21-26-13-16-44-17-14-26)23-31(37(30)41)33(40)18-25-6-10-28(11-7-25)45-34-12-15-38-32-20-36(43-3)35(42-2)19-29(32)34;1-13-2-4-15(5-3-13)16-11-20(10-14-6-8-24-9-7-14)12-17(18(16)21)19(22)23;1-20-16-9-13-14(10-17(16)21-2)19-8-7-15(13)22-12-5-3-11(18)4-6-12/h2*4-5,8-9,12,15,19-20,22-23,25-26,28H,6-7,10-11,13-14,16-18,21H2,1-3H3;2-5,11-12,14H,6-10H2,1H3,(H,22,23);7-12H,3-6,18H2,1-2H3. The number of carbonyl (C=O) groups excluding carboxylic acids is 2. The van der Waals surface area contributed by atoms with E-state index >= 15 is 0 Å². The second-order valence-electron chi connectivity index (χ2n) is 36.9. The summed E-state index contributed by atoms with van der Waals surface area (Å²) in [4.78, 5) is 92.3. The van der Waals surface area contributed by atoms with Crippen molar-refractivity contribution in [1.82, 2.24) is 28.7 Å². The number of nitrogens with two attached hydrogens (primary N) is 1. The lowest BCUT2D eigenvalue weighted by Gasteiger charge is -2.29. The minimum Gasteiger partial charge on any atom is -0.493 e. The molecule has 3 N–H and O–H groups in total. The molecule has 6 fully saturated rings. The molecule has 6 aromatic carbocycles. The summed E-state index contributed by atoms with van der Waals surface area (Å²) in [5.74, 6) is 6.68. The lowest BCUT2D eigenvalue weighted by Crippen LogP contribution is -2.31. The summed E-state index contributed by atoms with van der Waals surface area (Å²) in [5.41, 5.74) is 15.4. The molecule has 26 nitrogen and oxygen atoms in total. The first kappa shape index (κ1) is 97.8. The van der Waals surface area contributed by atoms with Crippen LogP contribution in [0.1, 0.15) is 176 Å². The number of aromatic carboxylic acids is 1. The summed E-state index contributed by atoms with van der Waals surface area (Å²) in [7, 11) is 9.69. The number of aryl methyl sites for hydroxylation is 3. The van der Waals surface area contributed by atoms with Crippen LogP contribution in [0.25, 0.3) is 66.1 Å². The molecule has 0 radical (unpaired) electrons. The molecule has 716 valence electrons. The van der Waals surface area contributed by atoms with Crippen molar-refractivity contribution >= 4 is 50.2 Å². The largest absolute Gasteiger partial charge is 0.493 e. The number of nitrogens with zero attached hydrogens (tertiary/aromatic N) is 6. The molecule has 0 atom stereocenters. The maximum absolute atomic E-state index is 13.8. The molecule has 3 saturated carbocycles. The molecule has 3 aliphatic carbocycles. The van der Waals surface area contributed by atoms with E-state index in [1.165, 1.54) is 6.20 Å². The van der Waals surface area contributed by atoms with Crippen LogP contribution in [0.5, 0.6) is 51.7 Å². The number of fused-ring (bicyclic) bond motifs is 3. The molecule has 0 amide bonds. The van der Waals surface area contributed by atoms with Gasteiger partial charge in [-0.1, -0.05) is 89.5 Å². The number of hydrogen-bond acceptors (Lipinski definition) is 22. The monoisotopic (exact) mass is 1850 g/mol. The Hall–Kier alpha value is -12.8. The van der Waals surface area contributed by atoms with Gasteiger partial charge >= 0.3 is 5.97 Å². The normalized spacial score (nSPS) is 18.7. The van der Waals surface area contributed by atoms with Crippen LogP contribution in [-0.2, 0) is 33.8 Å². The van der Waals surface area contributed by atoms with Crippen LogP contribution >= 0.6 is 0 Å². The summed E-state index contributed by atoms with van der Waals surface area (Å²) in [5, 5.41) is 12.1. The van der Waals surface area contributed by atoms with Gasteiger partial charge in [0.2, 0.25) is 5.43 Å². The molecule has 0 spiro atoms. The zero-order valence-corrected chi connectivity index (χ0v) is 79.6. The highest BCUT2D eigenvalue weighted by molar-refractivity contribution is 5.98. The highest BCUT2D eigenvalue weighted by Crippen LogP contribution is 2.42. The van der Waals surface area contributed by atoms with E-state index in [2.05, 4.69) is 24.1 Å². The summed E-state index contributed by atoms with van der Waals surface area (Å²) in [6, 6.07) is 40.8. The molecule has 26 heteroatoms. The zero-order chi connectivity index (χ0) is 95.3. The van der Waals surface area contributed by atoms with E-state index in [1.54, 1.807) is 79.8 Å². The molecule has 0 bridgehead atoms. The van der Waals surface area contributed by atoms with Gasteiger partial charge in [-0.25, -0.2) is 4.79 Å². The third-order valence-corrected chi connectivity index (χ3v) is 27.3. The Bertz CT molecular complexity index is 6040. The number of ether oxygens (including phenoxy) is 12. The molecule has 3 aliphatic heterocycles. The fraction of sp³-hybridized carbons (Fsp3) is 0.427. The molecule has 18 rings (SSSR count). The Morgan fingerprint density at radius 3 is 0.882 bits per heavy atom. The van der Waals surface area contributed by atoms with E-state index in [1.807, 2.05) is 165 Å². The van der Waals surface area contributed by atoms with Gasteiger partial charge in [-0.05, 0) is 219 Å². The lowest BCUT2D eigenvalue weighted by atomic mass is 9.83. The van der Waals surface area contributed by atoms with E-state index in [-0.39, 0.29) is 58.1 Å². The Kier molecular flexibility index (Phi) is 33.6. The first-order chi connectivity index (χ1) is 66.1. The highest BCUT2D eigenvalue weighted by atomic mass is 16.5. The average molecular weight is 1850 g/mol. The molecular weight excluding hydrogens is 1720 g/mol. The smallest absolute Gasteiger partial charge is 0.341 e. The summed E-state index contributed by atoms with van der Waals surface area (Å²) in [6.45, 7) is 12.8. The van der Waals surface area contributed by atoms with Crippen molar-refractivity contribution in [2.75, 3.05) is 82.3 Å². The van der Waals surface area contributed by atoms with Crippen molar-refractivity contribution in [3.63, 3.8) is 0 Å². The molecule has 136 heavy (non-hydrogen) atoms. The third-order valence-electron chi connectivity index (χ3n) is 27.3. The van der Waals surface area contributed by atoms with Crippen LogP contribution < -0.4 is 64.7 Å². The fourth-order valence-corrected chi connectivity index (χ4v) is 19.3. The van der Waals surface area contributed by atoms with E-state index in [0.717, 1.165) is 252 Å². The number of pyridine rings is 6. The van der Waals surface area contributed by atoms with E-state index in [4.69, 9.17) is 62.6 Å². The minimum absolute atomic E-state index is 0.0385. The van der Waals surface area contributed by atoms with Crippen molar-refractivity contribution in [2.45, 2.75) is 193 Å². The zero-order valence-electron chi connectivity index (χ0n) is 79.6. The maximum Gasteiger partial charge on any atom is 0.341 e. The van der Waals surface area contributed by atoms with Gasteiger partial charge in [0.15, 0.2) is 56.9 Å². The lowest BCUT2D eigenvalue weighted by molar-refractivity contribution is 0.0609. The van der Waals surface area contributed by atoms with Gasteiger partial charge in [-0.3, -0.25) is 38.9 Å². The number of hydrogen-bond donors (Lipinski definition) is 2. The number of methoxy groups -OCH3 is 6. The van der Waals surface area contributed by atoms with E-state index in [0.29, 0.717) is 105 Å². The van der Waals surface area contributed by atoms with Gasteiger partial charge in [0.1, 0.15) is 22.8 Å². The number of carbonyl (C=O) groups is 3. The van der Waals surface area contributed by atoms with Gasteiger partial charge < -0.3 is 81.4 Å². The molecule has 6 aliphatic rings. The van der Waals surface area contributed by atoms with Gasteiger partial charge in [-0.15, -0.1) is 0 Å². The Labute approximate surface area is 794 Å². The third kappa shape index (κ3) is 24.9. The quantitative estimate of drug-likeness (QED) is 0.0430. The molecule has 0 unspecified atom stereocenters. The summed E-state index contributed by atoms with van der Waals surface area (Å²) < 4.78 is 74.2.